The minimum atomic E-state index is -0.196. The Morgan fingerprint density at radius 2 is 1.93 bits per heavy atom. The summed E-state index contributed by atoms with van der Waals surface area (Å²) in [6.45, 7) is 3.89. The van der Waals surface area contributed by atoms with E-state index in [1.807, 2.05) is 62.6 Å². The number of para-hydroxylation sites is 2. The summed E-state index contributed by atoms with van der Waals surface area (Å²) in [5.41, 5.74) is 4.53. The van der Waals surface area contributed by atoms with E-state index in [1.165, 1.54) is 0 Å². The molecule has 29 heavy (non-hydrogen) atoms. The Morgan fingerprint density at radius 3 is 2.69 bits per heavy atom. The van der Waals surface area contributed by atoms with Gasteiger partial charge in [0.1, 0.15) is 5.82 Å². The highest BCUT2D eigenvalue weighted by Gasteiger charge is 2.19. The van der Waals surface area contributed by atoms with Crippen molar-refractivity contribution in [1.82, 2.24) is 15.3 Å². The molecule has 0 fully saturated rings. The summed E-state index contributed by atoms with van der Waals surface area (Å²) < 4.78 is 0. The zero-order valence-electron chi connectivity index (χ0n) is 17.1. The second kappa shape index (κ2) is 9.74. The van der Waals surface area contributed by atoms with Gasteiger partial charge in [-0.25, -0.2) is 4.98 Å². The van der Waals surface area contributed by atoms with Gasteiger partial charge in [0.05, 0.1) is 17.1 Å². The summed E-state index contributed by atoms with van der Waals surface area (Å²) in [4.78, 5) is 33.1. The van der Waals surface area contributed by atoms with Gasteiger partial charge in [0.2, 0.25) is 5.91 Å². The molecule has 0 bridgehead atoms. The number of aromatic nitrogens is 2. The van der Waals surface area contributed by atoms with Gasteiger partial charge in [-0.1, -0.05) is 29.8 Å². The van der Waals surface area contributed by atoms with Gasteiger partial charge in [0.25, 0.3) is 0 Å². The smallest absolute Gasteiger partial charge is 0.221 e. The first kappa shape index (κ1) is 21.1. The van der Waals surface area contributed by atoms with E-state index in [4.69, 9.17) is 0 Å². The SMILES string of the molecule is CSCC[C@H](NC(=O)CCC(=O)c1cc(C)ccc1C)c1nc2ccccc2[nH]1. The van der Waals surface area contributed by atoms with Crippen LogP contribution in [0.1, 0.15) is 52.6 Å². The minimum Gasteiger partial charge on any atom is -0.346 e. The molecule has 0 aliphatic carbocycles. The van der Waals surface area contributed by atoms with Crippen molar-refractivity contribution in [2.24, 2.45) is 0 Å². The minimum absolute atomic E-state index is 0.00532. The van der Waals surface area contributed by atoms with Crippen molar-refractivity contribution in [3.8, 4) is 0 Å². The molecule has 1 atom stereocenters. The molecule has 0 saturated carbocycles. The Labute approximate surface area is 175 Å². The number of aromatic amines is 1. The number of Topliss-reactive ketones (excluding diaryl/α,β-unsaturated/α-hetero) is 1. The predicted molar refractivity (Wildman–Crippen MR) is 119 cm³/mol. The molecule has 1 aromatic heterocycles. The molecular formula is C23H27N3O2S. The molecule has 3 aromatic rings. The zero-order chi connectivity index (χ0) is 20.8. The lowest BCUT2D eigenvalue weighted by Crippen LogP contribution is -2.30. The second-order valence-corrected chi connectivity index (χ2v) is 8.27. The number of ketones is 1. The van der Waals surface area contributed by atoms with Gasteiger partial charge in [0, 0.05) is 18.4 Å². The van der Waals surface area contributed by atoms with Crippen LogP contribution >= 0.6 is 11.8 Å². The number of H-pyrrole nitrogens is 1. The molecule has 2 N–H and O–H groups in total. The molecule has 1 heterocycles. The highest BCUT2D eigenvalue weighted by molar-refractivity contribution is 7.98. The van der Waals surface area contributed by atoms with Crippen LogP contribution in [0.2, 0.25) is 0 Å². The highest BCUT2D eigenvalue weighted by Crippen LogP contribution is 2.20. The normalized spacial score (nSPS) is 12.1. The number of rotatable bonds is 9. The number of amides is 1. The number of hydrogen-bond acceptors (Lipinski definition) is 4. The van der Waals surface area contributed by atoms with E-state index in [0.717, 1.165) is 40.2 Å². The lowest BCUT2D eigenvalue weighted by molar-refractivity contribution is -0.121. The first-order chi connectivity index (χ1) is 14.0. The molecule has 0 unspecified atom stereocenters. The van der Waals surface area contributed by atoms with Gasteiger partial charge < -0.3 is 10.3 Å². The van der Waals surface area contributed by atoms with Gasteiger partial charge >= 0.3 is 0 Å². The summed E-state index contributed by atoms with van der Waals surface area (Å²) in [5, 5.41) is 3.06. The Morgan fingerprint density at radius 1 is 1.14 bits per heavy atom. The van der Waals surface area contributed by atoms with Gasteiger partial charge in [0.15, 0.2) is 5.78 Å². The molecule has 6 heteroatoms. The third-order valence-electron chi connectivity index (χ3n) is 4.96. The van der Waals surface area contributed by atoms with E-state index in [0.29, 0.717) is 5.56 Å². The fourth-order valence-corrected chi connectivity index (χ4v) is 3.79. The maximum atomic E-state index is 12.6. The molecule has 0 spiro atoms. The summed E-state index contributed by atoms with van der Waals surface area (Å²) in [7, 11) is 0. The quantitative estimate of drug-likeness (QED) is 0.500. The van der Waals surface area contributed by atoms with Crippen molar-refractivity contribution >= 4 is 34.5 Å². The molecule has 0 aliphatic rings. The molecule has 152 valence electrons. The van der Waals surface area contributed by atoms with Crippen LogP contribution in [0.4, 0.5) is 0 Å². The van der Waals surface area contributed by atoms with Crippen LogP contribution in [-0.2, 0) is 4.79 Å². The van der Waals surface area contributed by atoms with Crippen LogP contribution in [-0.4, -0.2) is 33.7 Å². The highest BCUT2D eigenvalue weighted by atomic mass is 32.2. The van der Waals surface area contributed by atoms with Gasteiger partial charge in [-0.3, -0.25) is 9.59 Å². The third-order valence-corrected chi connectivity index (χ3v) is 5.60. The van der Waals surface area contributed by atoms with Gasteiger partial charge in [-0.05, 0) is 56.0 Å². The molecule has 0 radical (unpaired) electrons. The van der Waals surface area contributed by atoms with Crippen LogP contribution < -0.4 is 5.32 Å². The van der Waals surface area contributed by atoms with Crippen LogP contribution in [0.5, 0.6) is 0 Å². The first-order valence-electron chi connectivity index (χ1n) is 9.81. The Hall–Kier alpha value is -2.60. The number of nitrogens with zero attached hydrogens (tertiary/aromatic N) is 1. The molecule has 0 saturated heterocycles. The maximum Gasteiger partial charge on any atom is 0.221 e. The monoisotopic (exact) mass is 409 g/mol. The Kier molecular flexibility index (Phi) is 7.09. The van der Waals surface area contributed by atoms with E-state index in [1.54, 1.807) is 11.8 Å². The number of imidazole rings is 1. The average molecular weight is 410 g/mol. The number of fused-ring (bicyclic) bond motifs is 1. The molecular weight excluding hydrogens is 382 g/mol. The number of nitrogens with one attached hydrogen (secondary N) is 2. The fraction of sp³-hybridized carbons (Fsp3) is 0.348. The summed E-state index contributed by atoms with van der Waals surface area (Å²) in [6, 6.07) is 13.5. The van der Waals surface area contributed by atoms with Crippen molar-refractivity contribution in [1.29, 1.82) is 0 Å². The number of thioether (sulfide) groups is 1. The van der Waals surface area contributed by atoms with Crippen molar-refractivity contribution in [2.45, 2.75) is 39.2 Å². The van der Waals surface area contributed by atoms with Crippen molar-refractivity contribution < 1.29 is 9.59 Å². The average Bonchev–Trinajstić information content (AvgIpc) is 3.15. The number of carbonyl (C=O) groups is 2. The predicted octanol–water partition coefficient (Wildman–Crippen LogP) is 4.75. The summed E-state index contributed by atoms with van der Waals surface area (Å²) in [6.07, 6.45) is 3.19. The van der Waals surface area contributed by atoms with Crippen molar-refractivity contribution in [3.05, 3.63) is 65.0 Å². The van der Waals surface area contributed by atoms with E-state index in [-0.39, 0.29) is 30.6 Å². The van der Waals surface area contributed by atoms with Crippen LogP contribution in [0.15, 0.2) is 42.5 Å². The lowest BCUT2D eigenvalue weighted by Gasteiger charge is -2.16. The van der Waals surface area contributed by atoms with Crippen molar-refractivity contribution in [3.63, 3.8) is 0 Å². The summed E-state index contributed by atoms with van der Waals surface area (Å²) in [5.74, 6) is 1.54. The molecule has 5 nitrogen and oxygen atoms in total. The summed E-state index contributed by atoms with van der Waals surface area (Å²) >= 11 is 1.73. The van der Waals surface area contributed by atoms with Gasteiger partial charge in [-0.15, -0.1) is 0 Å². The Balaban J connectivity index is 1.65. The van der Waals surface area contributed by atoms with Gasteiger partial charge in [-0.2, -0.15) is 11.8 Å². The molecule has 0 aliphatic heterocycles. The van der Waals surface area contributed by atoms with E-state index < -0.39 is 0 Å². The van der Waals surface area contributed by atoms with Crippen molar-refractivity contribution in [2.75, 3.05) is 12.0 Å². The molecule has 2 aromatic carbocycles. The third kappa shape index (κ3) is 5.48. The largest absolute Gasteiger partial charge is 0.346 e. The number of carbonyl (C=O) groups excluding carboxylic acids is 2. The number of benzene rings is 2. The molecule has 3 rings (SSSR count). The van der Waals surface area contributed by atoms with E-state index in [2.05, 4.69) is 15.3 Å². The standard InChI is InChI=1S/C23H27N3O2S/c1-15-8-9-16(2)17(14-15)21(27)10-11-22(28)24-20(12-13-29-3)23-25-18-6-4-5-7-19(18)26-23/h4-9,14,20H,10-13H2,1-3H3,(H,24,28)(H,25,26)/t20-/m0/s1. The fourth-order valence-electron chi connectivity index (χ4n) is 3.31. The lowest BCUT2D eigenvalue weighted by atomic mass is 9.99. The Bertz CT molecular complexity index is 979. The second-order valence-electron chi connectivity index (χ2n) is 7.28. The van der Waals surface area contributed by atoms with Crippen LogP contribution in [0, 0.1) is 13.8 Å². The maximum absolute atomic E-state index is 12.6. The topological polar surface area (TPSA) is 74.8 Å². The van der Waals surface area contributed by atoms with Crippen LogP contribution in [0.25, 0.3) is 11.0 Å². The van der Waals surface area contributed by atoms with Crippen LogP contribution in [0.3, 0.4) is 0 Å². The number of aryl methyl sites for hydroxylation is 2. The first-order valence-corrected chi connectivity index (χ1v) is 11.2. The molecule has 1 amide bonds. The van der Waals surface area contributed by atoms with E-state index in [9.17, 15) is 9.59 Å². The van der Waals surface area contributed by atoms with E-state index >= 15 is 0 Å². The number of hydrogen-bond donors (Lipinski definition) is 2. The zero-order valence-corrected chi connectivity index (χ0v) is 17.9.